The summed E-state index contributed by atoms with van der Waals surface area (Å²) in [6.45, 7) is 1.50. The number of aliphatic carboxylic acids is 1. The van der Waals surface area contributed by atoms with Crippen LogP contribution in [0, 0.1) is 5.82 Å². The summed E-state index contributed by atoms with van der Waals surface area (Å²) in [5.41, 5.74) is 0.421. The SMILES string of the molecule is C[C@@H](NCC(=O)N(C)Cc1ccccc1F)C(=O)O. The van der Waals surface area contributed by atoms with Crippen molar-refractivity contribution < 1.29 is 19.1 Å². The number of hydrogen-bond donors (Lipinski definition) is 2. The van der Waals surface area contributed by atoms with Crippen LogP contribution < -0.4 is 5.32 Å². The number of carboxylic acids is 1. The van der Waals surface area contributed by atoms with Gasteiger partial charge in [0, 0.05) is 19.2 Å². The van der Waals surface area contributed by atoms with Crippen molar-refractivity contribution in [3.05, 3.63) is 35.6 Å². The van der Waals surface area contributed by atoms with Gasteiger partial charge in [-0.25, -0.2) is 4.39 Å². The molecule has 0 aliphatic carbocycles. The first-order chi connectivity index (χ1) is 8.91. The lowest BCUT2D eigenvalue weighted by Crippen LogP contribution is -2.41. The summed E-state index contributed by atoms with van der Waals surface area (Å²) in [6, 6.07) is 5.41. The van der Waals surface area contributed by atoms with E-state index in [9.17, 15) is 14.0 Å². The molecule has 1 aromatic carbocycles. The second-order valence-corrected chi connectivity index (χ2v) is 4.28. The molecule has 0 aliphatic rings. The first-order valence-corrected chi connectivity index (χ1v) is 5.85. The van der Waals surface area contributed by atoms with Gasteiger partial charge in [-0.2, -0.15) is 0 Å². The molecule has 1 rings (SSSR count). The van der Waals surface area contributed by atoms with Crippen molar-refractivity contribution in [2.45, 2.75) is 19.5 Å². The maximum absolute atomic E-state index is 13.4. The number of nitrogens with zero attached hydrogens (tertiary/aromatic N) is 1. The molecule has 0 bridgehead atoms. The minimum absolute atomic E-state index is 0.0988. The Morgan fingerprint density at radius 3 is 2.63 bits per heavy atom. The van der Waals surface area contributed by atoms with Crippen molar-refractivity contribution >= 4 is 11.9 Å². The van der Waals surface area contributed by atoms with Crippen molar-refractivity contribution in [1.29, 1.82) is 0 Å². The zero-order chi connectivity index (χ0) is 14.4. The molecule has 104 valence electrons. The molecule has 0 aromatic heterocycles. The third kappa shape index (κ3) is 4.67. The molecule has 1 amide bonds. The summed E-state index contributed by atoms with van der Waals surface area (Å²) in [7, 11) is 1.54. The number of carboxylic acid groups (broad SMARTS) is 1. The number of benzene rings is 1. The van der Waals surface area contributed by atoms with Crippen LogP contribution in [0.1, 0.15) is 12.5 Å². The molecule has 0 fully saturated rings. The van der Waals surface area contributed by atoms with Gasteiger partial charge in [-0.05, 0) is 13.0 Å². The zero-order valence-corrected chi connectivity index (χ0v) is 10.9. The highest BCUT2D eigenvalue weighted by Crippen LogP contribution is 2.08. The van der Waals surface area contributed by atoms with Crippen LogP contribution in [0.3, 0.4) is 0 Å². The summed E-state index contributed by atoms with van der Waals surface area (Å²) in [5.74, 6) is -1.69. The van der Waals surface area contributed by atoms with Crippen LogP contribution >= 0.6 is 0 Å². The largest absolute Gasteiger partial charge is 0.480 e. The van der Waals surface area contributed by atoms with Crippen molar-refractivity contribution in [3.8, 4) is 0 Å². The minimum Gasteiger partial charge on any atom is -0.480 e. The Kier molecular flexibility index (Phi) is 5.44. The average molecular weight is 268 g/mol. The number of nitrogens with one attached hydrogen (secondary N) is 1. The Labute approximate surface area is 111 Å². The molecule has 0 unspecified atom stereocenters. The molecule has 0 saturated carbocycles. The highest BCUT2D eigenvalue weighted by atomic mass is 19.1. The van der Waals surface area contributed by atoms with Gasteiger partial charge >= 0.3 is 5.97 Å². The predicted octanol–water partition coefficient (Wildman–Crippen LogP) is 0.847. The molecular formula is C13H17FN2O3. The van der Waals surface area contributed by atoms with Gasteiger partial charge in [-0.15, -0.1) is 0 Å². The van der Waals surface area contributed by atoms with Gasteiger partial charge in [0.05, 0.1) is 6.54 Å². The smallest absolute Gasteiger partial charge is 0.320 e. The van der Waals surface area contributed by atoms with Crippen LogP contribution in [0.5, 0.6) is 0 Å². The molecule has 19 heavy (non-hydrogen) atoms. The van der Waals surface area contributed by atoms with Crippen molar-refractivity contribution in [1.82, 2.24) is 10.2 Å². The standard InChI is InChI=1S/C13H17FN2O3/c1-9(13(18)19)15-7-12(17)16(2)8-10-5-3-4-6-11(10)14/h3-6,9,15H,7-8H2,1-2H3,(H,18,19)/t9-/m1/s1. The van der Waals surface area contributed by atoms with Gasteiger partial charge in [0.25, 0.3) is 0 Å². The van der Waals surface area contributed by atoms with Crippen molar-refractivity contribution in [3.63, 3.8) is 0 Å². The van der Waals surface area contributed by atoms with Gasteiger partial charge in [-0.1, -0.05) is 18.2 Å². The summed E-state index contributed by atoms with van der Waals surface area (Å²) >= 11 is 0. The molecule has 2 N–H and O–H groups in total. The number of amides is 1. The Morgan fingerprint density at radius 1 is 1.42 bits per heavy atom. The maximum Gasteiger partial charge on any atom is 0.320 e. The first-order valence-electron chi connectivity index (χ1n) is 5.85. The summed E-state index contributed by atoms with van der Waals surface area (Å²) in [5, 5.41) is 11.2. The molecule has 5 nitrogen and oxygen atoms in total. The van der Waals surface area contributed by atoms with E-state index in [1.165, 1.54) is 17.9 Å². The molecule has 0 saturated heterocycles. The second-order valence-electron chi connectivity index (χ2n) is 4.28. The van der Waals surface area contributed by atoms with E-state index in [2.05, 4.69) is 5.32 Å². The third-order valence-electron chi connectivity index (χ3n) is 2.72. The van der Waals surface area contributed by atoms with Gasteiger partial charge in [0.15, 0.2) is 0 Å². The van der Waals surface area contributed by atoms with E-state index in [4.69, 9.17) is 5.11 Å². The van der Waals surface area contributed by atoms with Crippen LogP contribution in [0.2, 0.25) is 0 Å². The summed E-state index contributed by atoms with van der Waals surface area (Å²) in [6.07, 6.45) is 0. The molecule has 1 atom stereocenters. The van der Waals surface area contributed by atoms with E-state index in [0.29, 0.717) is 5.56 Å². The Balaban J connectivity index is 2.50. The van der Waals surface area contributed by atoms with Gasteiger partial charge in [0.1, 0.15) is 11.9 Å². The number of halogens is 1. The lowest BCUT2D eigenvalue weighted by molar-refractivity contribution is -0.139. The monoisotopic (exact) mass is 268 g/mol. The first kappa shape index (κ1) is 15.1. The van der Waals surface area contributed by atoms with Crippen LogP contribution in [0.15, 0.2) is 24.3 Å². The number of carbonyl (C=O) groups is 2. The van der Waals surface area contributed by atoms with Crippen LogP contribution in [-0.4, -0.2) is 41.5 Å². The minimum atomic E-state index is -1.02. The summed E-state index contributed by atoms with van der Waals surface area (Å²) < 4.78 is 13.4. The van der Waals surface area contributed by atoms with Crippen LogP contribution in [0.25, 0.3) is 0 Å². The maximum atomic E-state index is 13.4. The normalized spacial score (nSPS) is 11.9. The van der Waals surface area contributed by atoms with E-state index >= 15 is 0 Å². The topological polar surface area (TPSA) is 69.6 Å². The van der Waals surface area contributed by atoms with E-state index in [1.54, 1.807) is 25.2 Å². The quantitative estimate of drug-likeness (QED) is 0.802. The molecule has 0 aliphatic heterocycles. The Bertz CT molecular complexity index is 465. The van der Waals surface area contributed by atoms with Crippen LogP contribution in [-0.2, 0) is 16.1 Å². The van der Waals surface area contributed by atoms with E-state index in [1.807, 2.05) is 0 Å². The van der Waals surface area contributed by atoms with Crippen LogP contribution in [0.4, 0.5) is 4.39 Å². The number of hydrogen-bond acceptors (Lipinski definition) is 3. The Morgan fingerprint density at radius 2 is 2.05 bits per heavy atom. The lowest BCUT2D eigenvalue weighted by atomic mass is 10.2. The number of rotatable bonds is 6. The van der Waals surface area contributed by atoms with Crippen molar-refractivity contribution in [2.75, 3.05) is 13.6 Å². The fourth-order valence-corrected chi connectivity index (χ4v) is 1.43. The van der Waals surface area contributed by atoms with Gasteiger partial charge in [0.2, 0.25) is 5.91 Å². The second kappa shape index (κ2) is 6.84. The zero-order valence-electron chi connectivity index (χ0n) is 10.9. The third-order valence-corrected chi connectivity index (χ3v) is 2.72. The highest BCUT2D eigenvalue weighted by molar-refractivity contribution is 5.79. The highest BCUT2D eigenvalue weighted by Gasteiger charge is 2.15. The molecular weight excluding hydrogens is 251 g/mol. The van der Waals surface area contributed by atoms with E-state index < -0.39 is 12.0 Å². The van der Waals surface area contributed by atoms with Gasteiger partial charge < -0.3 is 10.0 Å². The molecule has 0 radical (unpaired) electrons. The molecule has 0 heterocycles. The molecule has 0 spiro atoms. The van der Waals surface area contributed by atoms with Gasteiger partial charge in [-0.3, -0.25) is 14.9 Å². The predicted molar refractivity (Wildman–Crippen MR) is 68.0 cm³/mol. The molecule has 1 aromatic rings. The molecule has 6 heteroatoms. The number of carbonyl (C=O) groups excluding carboxylic acids is 1. The fourth-order valence-electron chi connectivity index (χ4n) is 1.43. The Hall–Kier alpha value is -1.95. The van der Waals surface area contributed by atoms with Crippen molar-refractivity contribution in [2.24, 2.45) is 0 Å². The average Bonchev–Trinajstić information content (AvgIpc) is 2.37. The number of likely N-dealkylation sites (N-methyl/N-ethyl adjacent to an activating group) is 1. The fraction of sp³-hybridized carbons (Fsp3) is 0.385. The lowest BCUT2D eigenvalue weighted by Gasteiger charge is -2.18. The van der Waals surface area contributed by atoms with E-state index in [0.717, 1.165) is 0 Å². The summed E-state index contributed by atoms with van der Waals surface area (Å²) in [4.78, 5) is 23.7. The van der Waals surface area contributed by atoms with E-state index in [-0.39, 0.29) is 24.8 Å².